The van der Waals surface area contributed by atoms with Gasteiger partial charge < -0.3 is 14.3 Å². The van der Waals surface area contributed by atoms with Crippen molar-refractivity contribution in [2.24, 2.45) is 11.3 Å². The molecule has 0 bridgehead atoms. The van der Waals surface area contributed by atoms with Gasteiger partial charge >= 0.3 is 0 Å². The van der Waals surface area contributed by atoms with Gasteiger partial charge in [-0.2, -0.15) is 0 Å². The minimum atomic E-state index is -0.432. The van der Waals surface area contributed by atoms with E-state index in [1.165, 1.54) is 32.2 Å². The Balaban J connectivity index is 0.00000324. The summed E-state index contributed by atoms with van der Waals surface area (Å²) in [7, 11) is 0. The fraction of sp³-hybridized carbons (Fsp3) is 0.933. The zero-order chi connectivity index (χ0) is 13.8. The fourth-order valence-electron chi connectivity index (χ4n) is 2.99. The molecule has 0 aliphatic heterocycles. The number of hydrogen-bond acceptors (Lipinski definition) is 3. The van der Waals surface area contributed by atoms with Crippen molar-refractivity contribution in [1.82, 2.24) is 0 Å². The van der Waals surface area contributed by atoms with Crippen molar-refractivity contribution in [2.75, 3.05) is 6.61 Å². The van der Waals surface area contributed by atoms with E-state index in [1.54, 1.807) is 0 Å². The van der Waals surface area contributed by atoms with Crippen LogP contribution in [0.2, 0.25) is 0 Å². The minimum Gasteiger partial charge on any atom is -0.651 e. The third-order valence-corrected chi connectivity index (χ3v) is 3.89. The molecule has 0 aromatic carbocycles. The van der Waals surface area contributed by atoms with E-state index in [-0.39, 0.29) is 45.4 Å². The third-order valence-electron chi connectivity index (χ3n) is 3.89. The molecule has 19 heavy (non-hydrogen) atoms. The van der Waals surface area contributed by atoms with Crippen LogP contribution in [0.4, 0.5) is 0 Å². The third kappa shape index (κ3) is 7.20. The Labute approximate surface area is 143 Å². The normalized spacial score (nSPS) is 24.2. The quantitative estimate of drug-likeness (QED) is 0.692. The summed E-state index contributed by atoms with van der Waals surface area (Å²) in [6, 6.07) is 0. The standard InChI is InChI=1S/C15H27O3.Y/c1-12(18-15(4,5)10-17-11-16)13-7-6-8-14(2,3)9-13;/h12-13H,6-10H2,1-5H3;/q-1;. The molecule has 0 amide bonds. The largest absolute Gasteiger partial charge is 0.651 e. The van der Waals surface area contributed by atoms with Crippen molar-refractivity contribution in [3.8, 4) is 0 Å². The van der Waals surface area contributed by atoms with Gasteiger partial charge in [0.15, 0.2) is 0 Å². The van der Waals surface area contributed by atoms with Crippen molar-refractivity contribution in [1.29, 1.82) is 0 Å². The first-order chi connectivity index (χ1) is 8.26. The fourth-order valence-corrected chi connectivity index (χ4v) is 2.99. The van der Waals surface area contributed by atoms with Gasteiger partial charge in [-0.15, -0.1) is 0 Å². The maximum Gasteiger partial charge on any atom is 0.0935 e. The molecule has 0 spiro atoms. The Bertz CT molecular complexity index is 277. The summed E-state index contributed by atoms with van der Waals surface area (Å²) in [5.74, 6) is 0.605. The second kappa shape index (κ2) is 8.09. The maximum atomic E-state index is 10.1. The van der Waals surface area contributed by atoms with Crippen LogP contribution in [0.15, 0.2) is 0 Å². The van der Waals surface area contributed by atoms with E-state index in [0.717, 1.165) is 0 Å². The zero-order valence-electron chi connectivity index (χ0n) is 13.0. The predicted molar refractivity (Wildman–Crippen MR) is 72.0 cm³/mol. The van der Waals surface area contributed by atoms with Crippen LogP contribution in [0, 0.1) is 11.3 Å². The van der Waals surface area contributed by atoms with Crippen LogP contribution in [0.25, 0.3) is 0 Å². The predicted octanol–water partition coefficient (Wildman–Crippen LogP) is 3.47. The van der Waals surface area contributed by atoms with E-state index in [9.17, 15) is 4.79 Å². The molecule has 4 heteroatoms. The molecule has 1 saturated carbocycles. The molecule has 0 aromatic rings. The first kappa shape index (κ1) is 19.5. The molecule has 0 N–H and O–H groups in total. The Morgan fingerprint density at radius 2 is 2.05 bits per heavy atom. The number of rotatable bonds is 6. The summed E-state index contributed by atoms with van der Waals surface area (Å²) in [5, 5.41) is 0. The average Bonchev–Trinajstić information content (AvgIpc) is 2.24. The average molecular weight is 344 g/mol. The second-order valence-electron chi connectivity index (χ2n) is 6.98. The van der Waals surface area contributed by atoms with Crippen LogP contribution in [0.1, 0.15) is 60.3 Å². The van der Waals surface area contributed by atoms with Crippen LogP contribution in [-0.4, -0.2) is 24.8 Å². The molecule has 2 atom stereocenters. The van der Waals surface area contributed by atoms with E-state index in [4.69, 9.17) is 9.47 Å². The molecule has 0 saturated heterocycles. The summed E-state index contributed by atoms with van der Waals surface area (Å²) in [6.45, 7) is 12.4. The van der Waals surface area contributed by atoms with Gasteiger partial charge in [0.2, 0.25) is 0 Å². The molecular weight excluding hydrogens is 317 g/mol. The van der Waals surface area contributed by atoms with Gasteiger partial charge in [-0.25, -0.2) is 0 Å². The van der Waals surface area contributed by atoms with Crippen LogP contribution in [0.5, 0.6) is 0 Å². The van der Waals surface area contributed by atoms with Gasteiger partial charge in [-0.05, 0) is 51.4 Å². The molecular formula is C15H27O3Y-. The van der Waals surface area contributed by atoms with Crippen LogP contribution in [0.3, 0.4) is 0 Å². The Kier molecular flexibility index (Phi) is 8.32. The summed E-state index contributed by atoms with van der Waals surface area (Å²) in [6.07, 6.45) is 5.24. The first-order valence-corrected chi connectivity index (χ1v) is 6.92. The molecule has 0 heterocycles. The Morgan fingerprint density at radius 1 is 1.42 bits per heavy atom. The van der Waals surface area contributed by atoms with Crippen molar-refractivity contribution < 1.29 is 47.0 Å². The van der Waals surface area contributed by atoms with Gasteiger partial charge in [0.1, 0.15) is 0 Å². The van der Waals surface area contributed by atoms with Crippen molar-refractivity contribution in [3.05, 3.63) is 0 Å². The smallest absolute Gasteiger partial charge is 0.0935 e. The molecule has 1 rings (SSSR count). The SMILES string of the molecule is CC(OC(C)(C)CO[C-]=O)C1CCCC(C)(C)C1.[Y]. The van der Waals surface area contributed by atoms with Crippen molar-refractivity contribution in [2.45, 2.75) is 72.0 Å². The molecule has 1 fully saturated rings. The van der Waals surface area contributed by atoms with Gasteiger partial charge in [0.25, 0.3) is 0 Å². The zero-order valence-corrected chi connectivity index (χ0v) is 15.8. The number of ether oxygens (including phenoxy) is 2. The Hall–Kier alpha value is 0.534. The van der Waals surface area contributed by atoms with Crippen LogP contribution in [-0.2, 0) is 47.0 Å². The summed E-state index contributed by atoms with van der Waals surface area (Å²) < 4.78 is 10.8. The van der Waals surface area contributed by atoms with E-state index >= 15 is 0 Å². The van der Waals surface area contributed by atoms with E-state index in [2.05, 4.69) is 20.8 Å². The molecule has 1 radical (unpaired) electrons. The topological polar surface area (TPSA) is 35.5 Å². The molecule has 109 valence electrons. The molecule has 0 aromatic heterocycles. The van der Waals surface area contributed by atoms with Crippen LogP contribution >= 0.6 is 0 Å². The summed E-state index contributed by atoms with van der Waals surface area (Å²) >= 11 is 0. The van der Waals surface area contributed by atoms with Gasteiger partial charge in [0, 0.05) is 32.7 Å². The van der Waals surface area contributed by atoms with E-state index in [0.29, 0.717) is 11.3 Å². The molecule has 2 unspecified atom stereocenters. The van der Waals surface area contributed by atoms with Gasteiger partial charge in [-0.1, -0.05) is 26.7 Å². The van der Waals surface area contributed by atoms with Gasteiger partial charge in [0.05, 0.1) is 18.3 Å². The maximum absolute atomic E-state index is 10.1. The summed E-state index contributed by atoms with van der Waals surface area (Å²) in [5.41, 5.74) is -0.00380. The number of carbonyl (C=O) groups excluding carboxylic acids is 1. The van der Waals surface area contributed by atoms with Gasteiger partial charge in [-0.3, -0.25) is 0 Å². The van der Waals surface area contributed by atoms with Crippen molar-refractivity contribution >= 4 is 6.47 Å². The van der Waals surface area contributed by atoms with E-state index < -0.39 is 5.60 Å². The van der Waals surface area contributed by atoms with Crippen molar-refractivity contribution in [3.63, 3.8) is 0 Å². The minimum absolute atomic E-state index is 0. The molecule has 3 nitrogen and oxygen atoms in total. The summed E-state index contributed by atoms with van der Waals surface area (Å²) in [4.78, 5) is 10.1. The Morgan fingerprint density at radius 3 is 2.58 bits per heavy atom. The first-order valence-electron chi connectivity index (χ1n) is 6.92. The van der Waals surface area contributed by atoms with E-state index in [1.807, 2.05) is 13.8 Å². The number of hydrogen-bond donors (Lipinski definition) is 0. The second-order valence-corrected chi connectivity index (χ2v) is 6.98. The molecule has 1 aliphatic rings. The molecule has 1 aliphatic carbocycles. The monoisotopic (exact) mass is 344 g/mol. The van der Waals surface area contributed by atoms with Crippen LogP contribution < -0.4 is 0 Å².